The summed E-state index contributed by atoms with van der Waals surface area (Å²) in [7, 11) is 0. The minimum absolute atomic E-state index is 0.0367. The third-order valence-corrected chi connectivity index (χ3v) is 5.43. The number of hydrogen-bond acceptors (Lipinski definition) is 10. The number of amides is 1. The molecule has 0 aliphatic carbocycles. The first-order valence-electron chi connectivity index (χ1n) is 11.5. The summed E-state index contributed by atoms with van der Waals surface area (Å²) in [4.78, 5) is 66.6. The van der Waals surface area contributed by atoms with Gasteiger partial charge in [0.25, 0.3) is 5.91 Å². The Balaban J connectivity index is 2.28. The number of hydrogen-bond donors (Lipinski definition) is 1. The Morgan fingerprint density at radius 2 is 1.89 bits per heavy atom. The molecule has 192 valence electrons. The lowest BCUT2D eigenvalue weighted by Crippen LogP contribution is -2.47. The number of aromatic nitrogens is 1. The zero-order valence-electron chi connectivity index (χ0n) is 20.8. The Labute approximate surface area is 203 Å². The average Bonchev–Trinajstić information content (AvgIpc) is 2.84. The van der Waals surface area contributed by atoms with Crippen molar-refractivity contribution in [1.82, 2.24) is 10.3 Å². The van der Waals surface area contributed by atoms with Gasteiger partial charge < -0.3 is 24.3 Å². The second kappa shape index (κ2) is 12.3. The number of nitrogens with zero attached hydrogens (tertiary/aromatic N) is 1. The minimum atomic E-state index is -1.37. The molecule has 2 heterocycles. The molecule has 1 aliphatic heterocycles. The molecule has 1 aromatic heterocycles. The Hall–Kier alpha value is -3.50. The van der Waals surface area contributed by atoms with Crippen molar-refractivity contribution in [3.8, 4) is 5.75 Å². The molecule has 1 fully saturated rings. The maximum Gasteiger partial charge on any atom is 0.332 e. The van der Waals surface area contributed by atoms with E-state index < -0.39 is 66.5 Å². The summed E-state index contributed by atoms with van der Waals surface area (Å²) in [5.74, 6) is -4.87. The Kier molecular flexibility index (Phi) is 9.73. The summed E-state index contributed by atoms with van der Waals surface area (Å²) in [6.45, 7) is 9.24. The fraction of sp³-hybridized carbons (Fsp3) is 0.583. The van der Waals surface area contributed by atoms with Crippen LogP contribution >= 0.6 is 0 Å². The zero-order valence-corrected chi connectivity index (χ0v) is 20.8. The van der Waals surface area contributed by atoms with E-state index in [1.807, 2.05) is 0 Å². The fourth-order valence-corrected chi connectivity index (χ4v) is 3.33. The monoisotopic (exact) mass is 492 g/mol. The molecule has 1 amide bonds. The van der Waals surface area contributed by atoms with Crippen molar-refractivity contribution in [2.75, 3.05) is 6.61 Å². The van der Waals surface area contributed by atoms with Crippen LogP contribution in [0.3, 0.4) is 0 Å². The lowest BCUT2D eigenvalue weighted by molar-refractivity contribution is -0.176. The van der Waals surface area contributed by atoms with E-state index in [-0.39, 0.29) is 24.3 Å². The van der Waals surface area contributed by atoms with Gasteiger partial charge in [-0.25, -0.2) is 9.78 Å². The van der Waals surface area contributed by atoms with E-state index in [1.165, 1.54) is 13.1 Å². The molecule has 11 nitrogen and oxygen atoms in total. The van der Waals surface area contributed by atoms with E-state index in [0.29, 0.717) is 5.56 Å². The van der Waals surface area contributed by atoms with Crippen LogP contribution in [0.25, 0.3) is 0 Å². The number of carbonyl (C=O) groups excluding carboxylic acids is 5. The molecule has 1 N–H and O–H groups in total. The number of nitrogens with one attached hydrogen (secondary N) is 1. The molecule has 0 saturated carbocycles. The molecule has 2 rings (SSSR count). The highest BCUT2D eigenvalue weighted by atomic mass is 16.6. The van der Waals surface area contributed by atoms with Crippen LogP contribution in [-0.2, 0) is 33.4 Å². The number of carbonyl (C=O) groups is 5. The summed E-state index contributed by atoms with van der Waals surface area (Å²) in [5.41, 5.74) is 0.277. The van der Waals surface area contributed by atoms with E-state index >= 15 is 0 Å². The Bertz CT molecular complexity index is 976. The van der Waals surface area contributed by atoms with Crippen LogP contribution in [0.2, 0.25) is 0 Å². The summed E-state index contributed by atoms with van der Waals surface area (Å²) >= 11 is 0. The number of ether oxygens (including phenoxy) is 4. The first kappa shape index (κ1) is 27.7. The first-order chi connectivity index (χ1) is 16.5. The smallest absolute Gasteiger partial charge is 0.332 e. The fourth-order valence-electron chi connectivity index (χ4n) is 3.33. The van der Waals surface area contributed by atoms with Crippen molar-refractivity contribution in [1.29, 1.82) is 0 Å². The van der Waals surface area contributed by atoms with E-state index in [9.17, 15) is 24.0 Å². The van der Waals surface area contributed by atoms with E-state index in [1.54, 1.807) is 40.7 Å². The van der Waals surface area contributed by atoms with Crippen molar-refractivity contribution < 1.29 is 42.9 Å². The van der Waals surface area contributed by atoms with Crippen LogP contribution in [0, 0.1) is 18.8 Å². The van der Waals surface area contributed by atoms with Gasteiger partial charge in [0.1, 0.15) is 12.7 Å². The molecule has 0 aromatic carbocycles. The van der Waals surface area contributed by atoms with Gasteiger partial charge in [-0.1, -0.05) is 27.7 Å². The number of esters is 4. The normalized spacial score (nSPS) is 22.7. The Morgan fingerprint density at radius 1 is 1.20 bits per heavy atom. The lowest BCUT2D eigenvalue weighted by Gasteiger charge is -2.29. The van der Waals surface area contributed by atoms with Crippen LogP contribution in [0.1, 0.15) is 63.5 Å². The minimum Gasteiger partial charge on any atom is -0.463 e. The maximum atomic E-state index is 13.0. The summed E-state index contributed by atoms with van der Waals surface area (Å²) < 4.78 is 21.5. The van der Waals surface area contributed by atoms with Crippen molar-refractivity contribution in [2.45, 2.75) is 72.6 Å². The van der Waals surface area contributed by atoms with Crippen molar-refractivity contribution in [2.24, 2.45) is 11.8 Å². The van der Waals surface area contributed by atoms with E-state index in [2.05, 4.69) is 10.3 Å². The third kappa shape index (κ3) is 7.00. The Morgan fingerprint density at radius 3 is 2.49 bits per heavy atom. The highest BCUT2D eigenvalue weighted by Gasteiger charge is 2.41. The topological polar surface area (TPSA) is 147 Å². The van der Waals surface area contributed by atoms with Crippen LogP contribution in [0.15, 0.2) is 12.3 Å². The molecule has 0 radical (unpaired) electrons. The van der Waals surface area contributed by atoms with Crippen LogP contribution in [0.4, 0.5) is 0 Å². The van der Waals surface area contributed by atoms with Gasteiger partial charge in [0.05, 0.1) is 11.8 Å². The molecule has 0 spiro atoms. The third-order valence-electron chi connectivity index (χ3n) is 5.43. The zero-order chi connectivity index (χ0) is 26.3. The van der Waals surface area contributed by atoms with Crippen LogP contribution in [-0.4, -0.2) is 59.6 Å². The summed E-state index contributed by atoms with van der Waals surface area (Å²) in [6.07, 6.45) is -0.332. The van der Waals surface area contributed by atoms with Gasteiger partial charge >= 0.3 is 23.9 Å². The lowest BCUT2D eigenvalue weighted by atomic mass is 9.95. The SMILES string of the molecule is CCC(=O)Oc1c(C)ccnc1C(=O)NC1COC(=O)C(CC)C(OC(=O)C(C)C)C(C)OC1=O. The molecule has 35 heavy (non-hydrogen) atoms. The van der Waals surface area contributed by atoms with Crippen LogP contribution < -0.4 is 10.1 Å². The number of aryl methyl sites for hydroxylation is 1. The standard InChI is InChI=1S/C24H32N2O9/c1-7-15-20(35-22(29)12(3)4)14(6)33-24(31)16(11-32-23(15)30)26-21(28)18-19(34-17(27)8-2)13(5)9-10-25-18/h9-10,12,14-16,20H,7-8,11H2,1-6H3,(H,26,28). The summed E-state index contributed by atoms with van der Waals surface area (Å²) in [6, 6.07) is 0.193. The molecule has 4 unspecified atom stereocenters. The molecular formula is C24H32N2O9. The van der Waals surface area contributed by atoms with Gasteiger partial charge in [-0.3, -0.25) is 19.2 Å². The molecule has 1 saturated heterocycles. The van der Waals surface area contributed by atoms with Crippen LogP contribution in [0.5, 0.6) is 5.75 Å². The predicted octanol–water partition coefficient (Wildman–Crippen LogP) is 1.89. The highest BCUT2D eigenvalue weighted by molar-refractivity contribution is 5.98. The molecule has 11 heteroatoms. The van der Waals surface area contributed by atoms with Gasteiger partial charge in [0, 0.05) is 12.6 Å². The molecule has 4 atom stereocenters. The summed E-state index contributed by atoms with van der Waals surface area (Å²) in [5, 5.41) is 2.43. The van der Waals surface area contributed by atoms with E-state index in [4.69, 9.17) is 18.9 Å². The van der Waals surface area contributed by atoms with Gasteiger partial charge in [-0.15, -0.1) is 0 Å². The average molecular weight is 493 g/mol. The largest absolute Gasteiger partial charge is 0.463 e. The molecule has 1 aromatic rings. The van der Waals surface area contributed by atoms with Gasteiger partial charge in [-0.05, 0) is 31.9 Å². The number of cyclic esters (lactones) is 2. The van der Waals surface area contributed by atoms with Gasteiger partial charge in [0.2, 0.25) is 0 Å². The number of pyridine rings is 1. The van der Waals surface area contributed by atoms with E-state index in [0.717, 1.165) is 0 Å². The van der Waals surface area contributed by atoms with Gasteiger partial charge in [0.15, 0.2) is 23.6 Å². The van der Waals surface area contributed by atoms with Crippen molar-refractivity contribution >= 4 is 29.8 Å². The predicted molar refractivity (Wildman–Crippen MR) is 121 cm³/mol. The maximum absolute atomic E-state index is 13.0. The number of rotatable bonds is 7. The highest BCUT2D eigenvalue weighted by Crippen LogP contribution is 2.25. The van der Waals surface area contributed by atoms with Crippen molar-refractivity contribution in [3.63, 3.8) is 0 Å². The first-order valence-corrected chi connectivity index (χ1v) is 11.5. The quantitative estimate of drug-likeness (QED) is 0.442. The van der Waals surface area contributed by atoms with Crippen molar-refractivity contribution in [3.05, 3.63) is 23.5 Å². The molecule has 1 aliphatic rings. The molecule has 0 bridgehead atoms. The second-order valence-electron chi connectivity index (χ2n) is 8.50. The second-order valence-corrected chi connectivity index (χ2v) is 8.50. The van der Waals surface area contributed by atoms with Gasteiger partial charge in [-0.2, -0.15) is 0 Å². The molecular weight excluding hydrogens is 460 g/mol.